The second-order valence-corrected chi connectivity index (χ2v) is 10.1. The van der Waals surface area contributed by atoms with Crippen LogP contribution in [0.3, 0.4) is 0 Å². The molecule has 1 atom stereocenters. The molecule has 1 aliphatic rings. The molecule has 37 heavy (non-hydrogen) atoms. The third-order valence-electron chi connectivity index (χ3n) is 6.34. The highest BCUT2D eigenvalue weighted by Gasteiger charge is 2.33. The van der Waals surface area contributed by atoms with Gasteiger partial charge in [-0.15, -0.1) is 0 Å². The van der Waals surface area contributed by atoms with Gasteiger partial charge in [-0.3, -0.25) is 9.36 Å². The smallest absolute Gasteiger partial charge is 0.338 e. The summed E-state index contributed by atoms with van der Waals surface area (Å²) in [5.74, 6) is 0.217. The molecule has 2 aromatic carbocycles. The number of thiazole rings is 1. The van der Waals surface area contributed by atoms with Crippen molar-refractivity contribution in [2.45, 2.75) is 46.8 Å². The lowest BCUT2D eigenvalue weighted by Gasteiger charge is -2.25. The zero-order valence-electron chi connectivity index (χ0n) is 22.1. The molecular weight excluding hydrogens is 486 g/mol. The Kier molecular flexibility index (Phi) is 7.97. The number of carbonyl (C=O) groups excluding carboxylic acids is 1. The fourth-order valence-corrected chi connectivity index (χ4v) is 5.53. The average Bonchev–Trinajstić information content (AvgIpc) is 3.18. The lowest BCUT2D eigenvalue weighted by molar-refractivity contribution is -0.143. The van der Waals surface area contributed by atoms with E-state index in [2.05, 4.69) is 35.9 Å². The van der Waals surface area contributed by atoms with Crippen LogP contribution in [-0.2, 0) is 9.53 Å². The van der Waals surface area contributed by atoms with Crippen LogP contribution in [0.5, 0.6) is 5.75 Å². The van der Waals surface area contributed by atoms with Crippen molar-refractivity contribution in [1.29, 1.82) is 0 Å². The van der Waals surface area contributed by atoms with Gasteiger partial charge in [0.05, 0.1) is 35.1 Å². The maximum atomic E-state index is 13.8. The Morgan fingerprint density at radius 2 is 1.76 bits per heavy atom. The van der Waals surface area contributed by atoms with Gasteiger partial charge in [-0.1, -0.05) is 35.6 Å². The first-order chi connectivity index (χ1) is 17.8. The molecule has 194 valence electrons. The highest BCUT2D eigenvalue weighted by atomic mass is 32.1. The Morgan fingerprint density at radius 1 is 1.11 bits per heavy atom. The lowest BCUT2D eigenvalue weighted by atomic mass is 9.96. The summed E-state index contributed by atoms with van der Waals surface area (Å²) in [6.45, 7) is 11.5. The van der Waals surface area contributed by atoms with Crippen LogP contribution >= 0.6 is 11.3 Å². The standard InChI is InChI=1S/C29H33N3O4S/c1-7-31(8-2)22-13-9-20(10-14-22)17-24-27(33)32-26(21-11-15-23(35-6)16-12-21)25(28(34)36-18(3)4)19(5)30-29(32)37-24/h9-18,26H,7-8H2,1-6H3/b24-17+/t26-/m0/s1. The second kappa shape index (κ2) is 11.2. The minimum Gasteiger partial charge on any atom is -0.497 e. The fraction of sp³-hybridized carbons (Fsp3) is 0.345. The summed E-state index contributed by atoms with van der Waals surface area (Å²) in [5, 5.41) is 0. The highest BCUT2D eigenvalue weighted by molar-refractivity contribution is 7.07. The number of rotatable bonds is 8. The zero-order valence-corrected chi connectivity index (χ0v) is 23.0. The summed E-state index contributed by atoms with van der Waals surface area (Å²) in [6.07, 6.45) is 1.58. The first-order valence-electron chi connectivity index (χ1n) is 12.5. The molecule has 0 saturated heterocycles. The summed E-state index contributed by atoms with van der Waals surface area (Å²) >= 11 is 1.32. The first kappa shape index (κ1) is 26.4. The SMILES string of the molecule is CCN(CC)c1ccc(/C=c2/sc3n(c2=O)[C@@H](c2ccc(OC)cc2)C(C(=O)OC(C)C)=C(C)N=3)cc1. The molecule has 0 fully saturated rings. The monoisotopic (exact) mass is 519 g/mol. The summed E-state index contributed by atoms with van der Waals surface area (Å²) in [7, 11) is 1.60. The normalized spacial score (nSPS) is 15.4. The van der Waals surface area contributed by atoms with Gasteiger partial charge in [0.25, 0.3) is 5.56 Å². The largest absolute Gasteiger partial charge is 0.497 e. The molecule has 7 nitrogen and oxygen atoms in total. The zero-order chi connectivity index (χ0) is 26.7. The molecule has 0 radical (unpaired) electrons. The van der Waals surface area contributed by atoms with Crippen molar-refractivity contribution in [3.8, 4) is 5.75 Å². The van der Waals surface area contributed by atoms with E-state index in [0.717, 1.165) is 29.9 Å². The van der Waals surface area contributed by atoms with E-state index in [1.807, 2.05) is 42.5 Å². The van der Waals surface area contributed by atoms with E-state index in [0.29, 0.717) is 26.4 Å². The molecule has 4 rings (SSSR count). The van der Waals surface area contributed by atoms with Crippen LogP contribution in [0.4, 0.5) is 5.69 Å². The quantitative estimate of drug-likeness (QED) is 0.420. The van der Waals surface area contributed by atoms with Crippen molar-refractivity contribution in [2.24, 2.45) is 4.99 Å². The number of fused-ring (bicyclic) bond motifs is 1. The van der Waals surface area contributed by atoms with Gasteiger partial charge >= 0.3 is 5.97 Å². The molecule has 2 heterocycles. The third-order valence-corrected chi connectivity index (χ3v) is 7.32. The minimum absolute atomic E-state index is 0.195. The number of anilines is 1. The molecule has 0 spiro atoms. The van der Waals surface area contributed by atoms with Crippen molar-refractivity contribution in [3.05, 3.63) is 90.6 Å². The lowest BCUT2D eigenvalue weighted by Crippen LogP contribution is -2.40. The number of nitrogens with zero attached hydrogens (tertiary/aromatic N) is 3. The highest BCUT2D eigenvalue weighted by Crippen LogP contribution is 2.31. The Hall–Kier alpha value is -3.65. The van der Waals surface area contributed by atoms with Crippen molar-refractivity contribution in [3.63, 3.8) is 0 Å². The van der Waals surface area contributed by atoms with E-state index in [-0.39, 0.29) is 11.7 Å². The molecular formula is C29H33N3O4S. The van der Waals surface area contributed by atoms with Crippen molar-refractivity contribution in [1.82, 2.24) is 4.57 Å². The Bertz CT molecular complexity index is 1480. The number of aromatic nitrogens is 1. The van der Waals surface area contributed by atoms with Gasteiger partial charge in [-0.25, -0.2) is 9.79 Å². The topological polar surface area (TPSA) is 73.1 Å². The van der Waals surface area contributed by atoms with Crippen molar-refractivity contribution < 1.29 is 14.3 Å². The van der Waals surface area contributed by atoms with Crippen LogP contribution in [0.2, 0.25) is 0 Å². The molecule has 0 bridgehead atoms. The van der Waals surface area contributed by atoms with Crippen LogP contribution in [-0.4, -0.2) is 36.8 Å². The van der Waals surface area contributed by atoms with Gasteiger partial charge < -0.3 is 14.4 Å². The van der Waals surface area contributed by atoms with Gasteiger partial charge in [-0.05, 0) is 76.1 Å². The number of benzene rings is 2. The number of esters is 1. The maximum absolute atomic E-state index is 13.8. The van der Waals surface area contributed by atoms with Crippen LogP contribution in [0, 0.1) is 0 Å². The Morgan fingerprint density at radius 3 is 2.32 bits per heavy atom. The fourth-order valence-electron chi connectivity index (χ4n) is 4.48. The van der Waals surface area contributed by atoms with Crippen LogP contribution < -0.4 is 24.5 Å². The van der Waals surface area contributed by atoms with Crippen molar-refractivity contribution in [2.75, 3.05) is 25.1 Å². The minimum atomic E-state index is -0.652. The summed E-state index contributed by atoms with van der Waals surface area (Å²) in [4.78, 5) is 34.4. The second-order valence-electron chi connectivity index (χ2n) is 9.07. The maximum Gasteiger partial charge on any atom is 0.338 e. The molecule has 0 amide bonds. The van der Waals surface area contributed by atoms with Gasteiger partial charge in [0.15, 0.2) is 4.80 Å². The Labute approximate surface area is 221 Å². The summed E-state index contributed by atoms with van der Waals surface area (Å²) in [6, 6.07) is 14.9. The van der Waals surface area contributed by atoms with E-state index >= 15 is 0 Å². The number of hydrogen-bond donors (Lipinski definition) is 0. The molecule has 0 unspecified atom stereocenters. The molecule has 0 N–H and O–H groups in total. The van der Waals surface area contributed by atoms with Crippen LogP contribution in [0.25, 0.3) is 6.08 Å². The van der Waals surface area contributed by atoms with E-state index in [1.54, 1.807) is 32.4 Å². The number of methoxy groups -OCH3 is 1. The van der Waals surface area contributed by atoms with Gasteiger partial charge in [0, 0.05) is 18.8 Å². The molecule has 0 saturated carbocycles. The molecule has 1 aliphatic heterocycles. The van der Waals surface area contributed by atoms with Crippen LogP contribution in [0.15, 0.2) is 69.6 Å². The predicted octanol–water partition coefficient (Wildman–Crippen LogP) is 4.04. The van der Waals surface area contributed by atoms with Gasteiger partial charge in [0.2, 0.25) is 0 Å². The number of allylic oxidation sites excluding steroid dienone is 1. The van der Waals surface area contributed by atoms with Crippen molar-refractivity contribution >= 4 is 29.1 Å². The molecule has 3 aromatic rings. The molecule has 1 aromatic heterocycles. The van der Waals surface area contributed by atoms with Gasteiger partial charge in [0.1, 0.15) is 5.75 Å². The third kappa shape index (κ3) is 5.39. The van der Waals surface area contributed by atoms with E-state index in [9.17, 15) is 9.59 Å². The summed E-state index contributed by atoms with van der Waals surface area (Å²) < 4.78 is 13.0. The van der Waals surface area contributed by atoms with Gasteiger partial charge in [-0.2, -0.15) is 0 Å². The summed E-state index contributed by atoms with van der Waals surface area (Å²) in [5.41, 5.74) is 3.57. The van der Waals surface area contributed by atoms with E-state index < -0.39 is 12.0 Å². The van der Waals surface area contributed by atoms with Crippen LogP contribution in [0.1, 0.15) is 51.8 Å². The average molecular weight is 520 g/mol. The van der Waals surface area contributed by atoms with E-state index in [4.69, 9.17) is 9.47 Å². The number of carbonyl (C=O) groups is 1. The predicted molar refractivity (Wildman–Crippen MR) is 148 cm³/mol. The van der Waals surface area contributed by atoms with E-state index in [1.165, 1.54) is 11.3 Å². The Balaban J connectivity index is 1.84. The number of ether oxygens (including phenoxy) is 2. The molecule has 0 aliphatic carbocycles. The first-order valence-corrected chi connectivity index (χ1v) is 13.3. The molecule has 8 heteroatoms. The number of hydrogen-bond acceptors (Lipinski definition) is 7.